The normalized spacial score (nSPS) is 11.1. The highest BCUT2D eigenvalue weighted by atomic mass is 35.5. The van der Waals surface area contributed by atoms with Crippen molar-refractivity contribution in [3.8, 4) is 10.6 Å². The number of hydrogen-bond donors (Lipinski definition) is 2. The van der Waals surface area contributed by atoms with Gasteiger partial charge in [-0.1, -0.05) is 40.9 Å². The molecule has 0 saturated heterocycles. The molecule has 0 bridgehead atoms. The lowest BCUT2D eigenvalue weighted by atomic mass is 10.2. The Morgan fingerprint density at radius 3 is 2.75 bits per heavy atom. The van der Waals surface area contributed by atoms with Gasteiger partial charge in [0.25, 0.3) is 5.91 Å². The van der Waals surface area contributed by atoms with Crippen molar-refractivity contribution in [2.45, 2.75) is 0 Å². The van der Waals surface area contributed by atoms with Gasteiger partial charge in [0.15, 0.2) is 5.69 Å². The number of H-pyrrole nitrogens is 1. The zero-order valence-corrected chi connectivity index (χ0v) is 15.0. The molecule has 0 radical (unpaired) electrons. The van der Waals surface area contributed by atoms with E-state index in [9.17, 15) is 4.79 Å². The van der Waals surface area contributed by atoms with Crippen molar-refractivity contribution in [3.63, 3.8) is 0 Å². The van der Waals surface area contributed by atoms with Gasteiger partial charge in [0.2, 0.25) is 0 Å². The smallest absolute Gasteiger partial charge is 0.276 e. The van der Waals surface area contributed by atoms with Crippen LogP contribution in [-0.4, -0.2) is 22.3 Å². The summed E-state index contributed by atoms with van der Waals surface area (Å²) in [6.45, 7) is 0. The van der Waals surface area contributed by atoms with Crippen LogP contribution >= 0.6 is 46.1 Å². The topological polar surface area (TPSA) is 70.1 Å². The standard InChI is InChI=1S/C15H9Cl3N4OS/c16-9-2-1-8(10(17)5-9)7-19-22-15(23)12-6-11(20-21-12)13-3-4-14(18)24-13/h1-7H,(H,20,21)(H,22,23). The third kappa shape index (κ3) is 3.96. The number of carbonyl (C=O) groups excluding carboxylic acids is 1. The van der Waals surface area contributed by atoms with E-state index in [1.165, 1.54) is 17.6 Å². The average Bonchev–Trinajstić information content (AvgIpc) is 3.18. The van der Waals surface area contributed by atoms with E-state index in [0.29, 0.717) is 25.6 Å². The van der Waals surface area contributed by atoms with Crippen LogP contribution in [0.25, 0.3) is 10.6 Å². The molecule has 3 aromatic rings. The van der Waals surface area contributed by atoms with E-state index in [4.69, 9.17) is 34.8 Å². The Labute approximate surface area is 156 Å². The number of carbonyl (C=O) groups is 1. The minimum atomic E-state index is -0.443. The molecule has 0 fully saturated rings. The molecule has 0 atom stereocenters. The number of hydrogen-bond acceptors (Lipinski definition) is 4. The highest BCUT2D eigenvalue weighted by Gasteiger charge is 2.12. The zero-order valence-electron chi connectivity index (χ0n) is 11.9. The number of nitrogens with one attached hydrogen (secondary N) is 2. The van der Waals surface area contributed by atoms with Crippen LogP contribution in [0.5, 0.6) is 0 Å². The first-order valence-corrected chi connectivity index (χ1v) is 8.57. The number of amides is 1. The van der Waals surface area contributed by atoms with Gasteiger partial charge in [-0.15, -0.1) is 11.3 Å². The Balaban J connectivity index is 1.67. The molecule has 122 valence electrons. The van der Waals surface area contributed by atoms with Crippen molar-refractivity contribution in [1.29, 1.82) is 0 Å². The Hall–Kier alpha value is -1.86. The van der Waals surface area contributed by atoms with E-state index in [-0.39, 0.29) is 5.69 Å². The number of thiophene rings is 1. The molecule has 5 nitrogen and oxygen atoms in total. The molecule has 0 spiro atoms. The molecule has 1 amide bonds. The first kappa shape index (κ1) is 17.0. The summed E-state index contributed by atoms with van der Waals surface area (Å²) in [4.78, 5) is 12.9. The number of aromatic nitrogens is 2. The summed E-state index contributed by atoms with van der Waals surface area (Å²) in [5.74, 6) is -0.443. The lowest BCUT2D eigenvalue weighted by molar-refractivity contribution is 0.0950. The molecule has 2 N–H and O–H groups in total. The van der Waals surface area contributed by atoms with Gasteiger partial charge in [-0.05, 0) is 30.3 Å². The van der Waals surface area contributed by atoms with Gasteiger partial charge in [0, 0.05) is 10.6 Å². The largest absolute Gasteiger partial charge is 0.291 e. The molecule has 2 aromatic heterocycles. The van der Waals surface area contributed by atoms with E-state index in [1.807, 2.05) is 6.07 Å². The van der Waals surface area contributed by atoms with Crippen LogP contribution in [0.2, 0.25) is 14.4 Å². The van der Waals surface area contributed by atoms with E-state index in [1.54, 1.807) is 30.3 Å². The minimum Gasteiger partial charge on any atom is -0.276 e. The van der Waals surface area contributed by atoms with Gasteiger partial charge in [-0.2, -0.15) is 10.2 Å². The fourth-order valence-electron chi connectivity index (χ4n) is 1.85. The van der Waals surface area contributed by atoms with Gasteiger partial charge in [0.1, 0.15) is 0 Å². The van der Waals surface area contributed by atoms with Crippen LogP contribution in [0.1, 0.15) is 16.1 Å². The molecule has 24 heavy (non-hydrogen) atoms. The molecule has 1 aromatic carbocycles. The fraction of sp³-hybridized carbons (Fsp3) is 0. The van der Waals surface area contributed by atoms with E-state index in [2.05, 4.69) is 20.7 Å². The predicted molar refractivity (Wildman–Crippen MR) is 98.4 cm³/mol. The average molecular weight is 400 g/mol. The van der Waals surface area contributed by atoms with Crippen LogP contribution in [0.3, 0.4) is 0 Å². The maximum absolute atomic E-state index is 12.0. The molecule has 2 heterocycles. The molecular weight excluding hydrogens is 391 g/mol. The quantitative estimate of drug-likeness (QED) is 0.486. The summed E-state index contributed by atoms with van der Waals surface area (Å²) in [7, 11) is 0. The Kier molecular flexibility index (Phi) is 5.20. The Morgan fingerprint density at radius 2 is 2.04 bits per heavy atom. The molecule has 0 saturated carbocycles. The van der Waals surface area contributed by atoms with Crippen LogP contribution in [0.4, 0.5) is 0 Å². The van der Waals surface area contributed by atoms with Crippen molar-refractivity contribution in [1.82, 2.24) is 15.6 Å². The van der Waals surface area contributed by atoms with Crippen molar-refractivity contribution >= 4 is 58.3 Å². The van der Waals surface area contributed by atoms with Crippen LogP contribution < -0.4 is 5.43 Å². The second-order valence-electron chi connectivity index (χ2n) is 4.64. The summed E-state index contributed by atoms with van der Waals surface area (Å²) in [6, 6.07) is 10.2. The van der Waals surface area contributed by atoms with Gasteiger partial charge >= 0.3 is 0 Å². The maximum Gasteiger partial charge on any atom is 0.291 e. The van der Waals surface area contributed by atoms with Crippen molar-refractivity contribution in [2.24, 2.45) is 5.10 Å². The lowest BCUT2D eigenvalue weighted by Gasteiger charge is -1.98. The molecule has 0 aliphatic carbocycles. The van der Waals surface area contributed by atoms with Gasteiger partial charge in [0.05, 0.1) is 26.1 Å². The molecule has 3 rings (SSSR count). The van der Waals surface area contributed by atoms with Gasteiger partial charge in [-0.3, -0.25) is 9.89 Å². The summed E-state index contributed by atoms with van der Waals surface area (Å²) >= 11 is 19.1. The number of aromatic amines is 1. The maximum atomic E-state index is 12.0. The third-order valence-electron chi connectivity index (χ3n) is 2.98. The minimum absolute atomic E-state index is 0.217. The van der Waals surface area contributed by atoms with E-state index < -0.39 is 5.91 Å². The van der Waals surface area contributed by atoms with Crippen LogP contribution in [-0.2, 0) is 0 Å². The van der Waals surface area contributed by atoms with Crippen molar-refractivity contribution < 1.29 is 4.79 Å². The number of benzene rings is 1. The molecule has 0 aliphatic rings. The number of nitrogens with zero attached hydrogens (tertiary/aromatic N) is 2. The SMILES string of the molecule is O=C(NN=Cc1ccc(Cl)cc1Cl)c1cc(-c2ccc(Cl)s2)[nH]n1. The number of hydrazone groups is 1. The Morgan fingerprint density at radius 1 is 1.21 bits per heavy atom. The van der Waals surface area contributed by atoms with Gasteiger partial charge < -0.3 is 0 Å². The second kappa shape index (κ2) is 7.36. The first-order chi connectivity index (χ1) is 11.5. The lowest BCUT2D eigenvalue weighted by Crippen LogP contribution is -2.18. The molecule has 9 heteroatoms. The molecule has 0 unspecified atom stereocenters. The first-order valence-electron chi connectivity index (χ1n) is 6.62. The molecular formula is C15H9Cl3N4OS. The van der Waals surface area contributed by atoms with Crippen molar-refractivity contribution in [3.05, 3.63) is 62.0 Å². The monoisotopic (exact) mass is 398 g/mol. The predicted octanol–water partition coefficient (Wildman–Crippen LogP) is 4.86. The Bertz CT molecular complexity index is 919. The van der Waals surface area contributed by atoms with Crippen molar-refractivity contribution in [2.75, 3.05) is 0 Å². The fourth-order valence-corrected chi connectivity index (χ4v) is 3.31. The third-order valence-corrected chi connectivity index (χ3v) is 4.81. The number of rotatable bonds is 4. The van der Waals surface area contributed by atoms with Gasteiger partial charge in [-0.25, -0.2) is 5.43 Å². The van der Waals surface area contributed by atoms with E-state index in [0.717, 1.165) is 4.88 Å². The van der Waals surface area contributed by atoms with E-state index >= 15 is 0 Å². The van der Waals surface area contributed by atoms with Crippen LogP contribution in [0.15, 0.2) is 41.5 Å². The number of halogens is 3. The highest BCUT2D eigenvalue weighted by Crippen LogP contribution is 2.29. The zero-order chi connectivity index (χ0) is 17.1. The highest BCUT2D eigenvalue weighted by molar-refractivity contribution is 7.19. The second-order valence-corrected chi connectivity index (χ2v) is 7.19. The summed E-state index contributed by atoms with van der Waals surface area (Å²) < 4.78 is 0.662. The summed E-state index contributed by atoms with van der Waals surface area (Å²) in [5, 5.41) is 11.6. The summed E-state index contributed by atoms with van der Waals surface area (Å²) in [5.41, 5.74) is 3.96. The van der Waals surface area contributed by atoms with Crippen LogP contribution in [0, 0.1) is 0 Å². The molecule has 0 aliphatic heterocycles. The summed E-state index contributed by atoms with van der Waals surface area (Å²) in [6.07, 6.45) is 1.43.